The van der Waals surface area contributed by atoms with Crippen LogP contribution in [0.15, 0.2) is 36.4 Å². The summed E-state index contributed by atoms with van der Waals surface area (Å²) in [6.07, 6.45) is -1.58. The Morgan fingerprint density at radius 2 is 1.56 bits per heavy atom. The molecule has 0 saturated heterocycles. The fraction of sp³-hybridized carbons (Fsp3) is 0.333. The number of hydrogen-bond donors (Lipinski definition) is 1. The molecule has 0 fully saturated rings. The second-order valence-electron chi connectivity index (χ2n) is 5.21. The van der Waals surface area contributed by atoms with Crippen LogP contribution < -0.4 is 14.2 Å². The van der Waals surface area contributed by atoms with E-state index in [2.05, 4.69) is 0 Å². The van der Waals surface area contributed by atoms with E-state index < -0.39 is 30.4 Å². The summed E-state index contributed by atoms with van der Waals surface area (Å²) in [4.78, 5) is 0. The fourth-order valence-corrected chi connectivity index (χ4v) is 2.50. The van der Waals surface area contributed by atoms with Crippen LogP contribution >= 0.6 is 0 Å². The fourth-order valence-electron chi connectivity index (χ4n) is 2.50. The molecule has 136 valence electrons. The molecule has 0 aliphatic heterocycles. The van der Waals surface area contributed by atoms with Crippen molar-refractivity contribution >= 4 is 0 Å². The number of methoxy groups -OCH3 is 3. The molecule has 0 saturated carbocycles. The average molecular weight is 354 g/mol. The third kappa shape index (κ3) is 4.58. The summed E-state index contributed by atoms with van der Waals surface area (Å²) < 4.78 is 48.0. The van der Waals surface area contributed by atoms with Gasteiger partial charge in [-0.05, 0) is 17.7 Å². The van der Waals surface area contributed by atoms with Crippen molar-refractivity contribution in [1.29, 1.82) is 0 Å². The van der Waals surface area contributed by atoms with Crippen molar-refractivity contribution in [3.63, 3.8) is 0 Å². The maximum absolute atomic E-state index is 13.3. The van der Waals surface area contributed by atoms with E-state index in [1.807, 2.05) is 0 Å². The smallest absolute Gasteiger partial charge is 0.161 e. The number of ether oxygens (including phenoxy) is 4. The summed E-state index contributed by atoms with van der Waals surface area (Å²) in [5, 5.41) is 9.67. The van der Waals surface area contributed by atoms with E-state index in [9.17, 15) is 13.9 Å². The molecular formula is C18H20F2O5. The van der Waals surface area contributed by atoms with E-state index in [1.165, 1.54) is 21.3 Å². The molecule has 5 nitrogen and oxygen atoms in total. The van der Waals surface area contributed by atoms with Crippen LogP contribution in [0.4, 0.5) is 8.78 Å². The molecule has 2 aromatic carbocycles. The SMILES string of the molecule is COc1ccc(C(OC)C(CO)Oc2cc(F)cc(F)c2)cc1OC. The van der Waals surface area contributed by atoms with Gasteiger partial charge in [0.1, 0.15) is 23.5 Å². The molecule has 7 heteroatoms. The first-order valence-electron chi connectivity index (χ1n) is 7.50. The molecule has 0 aliphatic rings. The summed E-state index contributed by atoms with van der Waals surface area (Å²) in [6.45, 7) is -0.426. The number of halogens is 2. The van der Waals surface area contributed by atoms with Crippen LogP contribution in [-0.4, -0.2) is 39.1 Å². The van der Waals surface area contributed by atoms with Gasteiger partial charge in [0.25, 0.3) is 0 Å². The highest BCUT2D eigenvalue weighted by Gasteiger charge is 2.26. The maximum Gasteiger partial charge on any atom is 0.161 e. The Balaban J connectivity index is 2.30. The predicted molar refractivity (Wildman–Crippen MR) is 87.2 cm³/mol. The minimum atomic E-state index is -0.885. The van der Waals surface area contributed by atoms with Crippen molar-refractivity contribution in [3.8, 4) is 17.2 Å². The number of rotatable bonds is 8. The zero-order chi connectivity index (χ0) is 18.4. The van der Waals surface area contributed by atoms with Gasteiger partial charge in [0, 0.05) is 25.3 Å². The van der Waals surface area contributed by atoms with E-state index in [1.54, 1.807) is 18.2 Å². The molecule has 0 aliphatic carbocycles. The maximum atomic E-state index is 13.3. The summed E-state index contributed by atoms with van der Waals surface area (Å²) >= 11 is 0. The van der Waals surface area contributed by atoms with Gasteiger partial charge in [-0.2, -0.15) is 0 Å². The molecule has 25 heavy (non-hydrogen) atoms. The Morgan fingerprint density at radius 3 is 2.08 bits per heavy atom. The van der Waals surface area contributed by atoms with Gasteiger partial charge in [-0.25, -0.2) is 8.78 Å². The van der Waals surface area contributed by atoms with Crippen molar-refractivity contribution in [2.75, 3.05) is 27.9 Å². The molecule has 1 N–H and O–H groups in total. The molecule has 0 heterocycles. The Hall–Kier alpha value is -2.38. The molecule has 2 rings (SSSR count). The summed E-state index contributed by atoms with van der Waals surface area (Å²) in [6, 6.07) is 7.92. The van der Waals surface area contributed by atoms with Gasteiger partial charge in [-0.15, -0.1) is 0 Å². The van der Waals surface area contributed by atoms with E-state index in [4.69, 9.17) is 18.9 Å². The Morgan fingerprint density at radius 1 is 0.920 bits per heavy atom. The Bertz CT molecular complexity index is 688. The van der Waals surface area contributed by atoms with Crippen LogP contribution in [0, 0.1) is 11.6 Å². The zero-order valence-corrected chi connectivity index (χ0v) is 14.2. The molecule has 2 unspecified atom stereocenters. The first-order valence-corrected chi connectivity index (χ1v) is 7.50. The predicted octanol–water partition coefficient (Wildman–Crippen LogP) is 3.11. The zero-order valence-electron chi connectivity index (χ0n) is 14.2. The summed E-state index contributed by atoms with van der Waals surface area (Å²) in [7, 11) is 4.46. The summed E-state index contributed by atoms with van der Waals surface area (Å²) in [5.74, 6) is -0.567. The molecule has 2 aromatic rings. The molecule has 0 spiro atoms. The average Bonchev–Trinajstić information content (AvgIpc) is 2.60. The van der Waals surface area contributed by atoms with E-state index >= 15 is 0 Å². The van der Waals surface area contributed by atoms with Crippen molar-refractivity contribution in [1.82, 2.24) is 0 Å². The van der Waals surface area contributed by atoms with Crippen LogP contribution in [-0.2, 0) is 4.74 Å². The lowest BCUT2D eigenvalue weighted by molar-refractivity contribution is -0.0258. The van der Waals surface area contributed by atoms with Crippen LogP contribution in [0.2, 0.25) is 0 Å². The highest BCUT2D eigenvalue weighted by molar-refractivity contribution is 5.43. The molecule has 0 amide bonds. The second-order valence-corrected chi connectivity index (χ2v) is 5.21. The van der Waals surface area contributed by atoms with Gasteiger partial charge in [-0.1, -0.05) is 6.07 Å². The lowest BCUT2D eigenvalue weighted by Gasteiger charge is -2.26. The molecule has 0 aromatic heterocycles. The normalized spacial score (nSPS) is 13.2. The van der Waals surface area contributed by atoms with Crippen molar-refractivity contribution in [2.45, 2.75) is 12.2 Å². The number of aliphatic hydroxyl groups is 1. The van der Waals surface area contributed by atoms with Crippen molar-refractivity contribution in [2.24, 2.45) is 0 Å². The minimum absolute atomic E-state index is 0.0425. The van der Waals surface area contributed by atoms with Crippen molar-refractivity contribution < 1.29 is 32.8 Å². The van der Waals surface area contributed by atoms with Gasteiger partial charge in [-0.3, -0.25) is 0 Å². The first-order chi connectivity index (χ1) is 12.0. The van der Waals surface area contributed by atoms with Crippen LogP contribution in [0.5, 0.6) is 17.2 Å². The third-order valence-electron chi connectivity index (χ3n) is 3.63. The van der Waals surface area contributed by atoms with E-state index in [0.29, 0.717) is 17.1 Å². The second kappa shape index (κ2) is 8.64. The van der Waals surface area contributed by atoms with Gasteiger partial charge in [0.15, 0.2) is 17.6 Å². The summed E-state index contributed by atoms with van der Waals surface area (Å²) in [5.41, 5.74) is 0.649. The highest BCUT2D eigenvalue weighted by atomic mass is 19.1. The van der Waals surface area contributed by atoms with Gasteiger partial charge in [0.05, 0.1) is 20.8 Å². The molecular weight excluding hydrogens is 334 g/mol. The molecule has 0 bridgehead atoms. The third-order valence-corrected chi connectivity index (χ3v) is 3.63. The van der Waals surface area contributed by atoms with E-state index in [-0.39, 0.29) is 5.75 Å². The van der Waals surface area contributed by atoms with E-state index in [0.717, 1.165) is 18.2 Å². The Labute approximate surface area is 144 Å². The number of hydrogen-bond acceptors (Lipinski definition) is 5. The lowest BCUT2D eigenvalue weighted by Crippen LogP contribution is -2.30. The minimum Gasteiger partial charge on any atom is -0.493 e. The number of aliphatic hydroxyl groups excluding tert-OH is 1. The Kier molecular flexibility index (Phi) is 6.55. The number of benzene rings is 2. The lowest BCUT2D eigenvalue weighted by atomic mass is 10.0. The standard InChI is InChI=1S/C18H20F2O5/c1-22-15-5-4-11(6-16(15)23-2)18(24-3)17(10-21)25-14-8-12(19)7-13(20)9-14/h4-9,17-18,21H,10H2,1-3H3. The van der Waals surface area contributed by atoms with Gasteiger partial charge in [0.2, 0.25) is 0 Å². The monoisotopic (exact) mass is 354 g/mol. The first kappa shape index (κ1) is 19.0. The van der Waals surface area contributed by atoms with Crippen LogP contribution in [0.1, 0.15) is 11.7 Å². The largest absolute Gasteiger partial charge is 0.493 e. The van der Waals surface area contributed by atoms with Crippen LogP contribution in [0.25, 0.3) is 0 Å². The van der Waals surface area contributed by atoms with Crippen LogP contribution in [0.3, 0.4) is 0 Å². The van der Waals surface area contributed by atoms with Crippen molar-refractivity contribution in [3.05, 3.63) is 53.6 Å². The highest BCUT2D eigenvalue weighted by Crippen LogP contribution is 2.33. The topological polar surface area (TPSA) is 57.2 Å². The molecule has 0 radical (unpaired) electrons. The van der Waals surface area contributed by atoms with Gasteiger partial charge < -0.3 is 24.1 Å². The molecule has 2 atom stereocenters. The van der Waals surface area contributed by atoms with Gasteiger partial charge >= 0.3 is 0 Å². The quantitative estimate of drug-likeness (QED) is 0.789.